The highest BCUT2D eigenvalue weighted by atomic mass is 32.1. The Morgan fingerprint density at radius 2 is 1.97 bits per heavy atom. The lowest BCUT2D eigenvalue weighted by Gasteiger charge is -2.22. The number of hydrogen-bond acceptors (Lipinski definition) is 7. The number of carbonyl (C=O) groups is 2. The molecule has 2 aromatic rings. The van der Waals surface area contributed by atoms with Crippen molar-refractivity contribution in [1.82, 2.24) is 10.3 Å². The van der Waals surface area contributed by atoms with Crippen molar-refractivity contribution in [2.24, 2.45) is 5.92 Å². The number of aromatic nitrogens is 1. The Bertz CT molecular complexity index is 885. The molecule has 12 heteroatoms. The van der Waals surface area contributed by atoms with Crippen LogP contribution in [-0.2, 0) is 20.9 Å². The molecule has 0 saturated carbocycles. The SMILES string of the molecule is COCc1csc(-c2ccccc2NC(=O)O)n1.O=C(OCC1CCNCC1)C(F)(F)F. The summed E-state index contributed by atoms with van der Waals surface area (Å²) in [5, 5.41) is 16.9. The van der Waals surface area contributed by atoms with Crippen molar-refractivity contribution in [2.75, 3.05) is 32.1 Å². The lowest BCUT2D eigenvalue weighted by Crippen LogP contribution is -2.33. The monoisotopic (exact) mass is 475 g/mol. The molecule has 0 radical (unpaired) electrons. The molecular weight excluding hydrogens is 451 g/mol. The van der Waals surface area contributed by atoms with Crippen LogP contribution >= 0.6 is 11.3 Å². The minimum absolute atomic E-state index is 0.0579. The van der Waals surface area contributed by atoms with Crippen LogP contribution in [0.25, 0.3) is 10.6 Å². The number of ether oxygens (including phenoxy) is 2. The van der Waals surface area contributed by atoms with E-state index in [1.165, 1.54) is 11.3 Å². The number of amides is 1. The molecule has 1 aromatic heterocycles. The number of carbonyl (C=O) groups excluding carboxylic acids is 1. The van der Waals surface area contributed by atoms with Crippen molar-refractivity contribution < 1.29 is 37.3 Å². The molecule has 32 heavy (non-hydrogen) atoms. The highest BCUT2D eigenvalue weighted by Crippen LogP contribution is 2.30. The van der Waals surface area contributed by atoms with Gasteiger partial charge in [0.25, 0.3) is 0 Å². The first-order valence-electron chi connectivity index (χ1n) is 9.68. The zero-order valence-electron chi connectivity index (χ0n) is 17.3. The van der Waals surface area contributed by atoms with Crippen molar-refractivity contribution in [1.29, 1.82) is 0 Å². The van der Waals surface area contributed by atoms with E-state index in [-0.39, 0.29) is 12.5 Å². The summed E-state index contributed by atoms with van der Waals surface area (Å²) in [4.78, 5) is 25.5. The van der Waals surface area contributed by atoms with Crippen molar-refractivity contribution in [2.45, 2.75) is 25.6 Å². The standard InChI is InChI=1S/C12H12N2O3S.C8H12F3NO2/c1-17-6-8-7-18-11(13-8)9-4-2-3-5-10(9)14-12(15)16;9-8(10,11)7(13)14-5-6-1-3-12-4-2-6/h2-5,7,14H,6H2,1H3,(H,15,16);6,12H,1-5H2. The molecule has 176 valence electrons. The molecule has 0 bridgehead atoms. The third-order valence-electron chi connectivity index (χ3n) is 4.38. The maximum atomic E-state index is 11.7. The normalized spacial score (nSPS) is 14.2. The van der Waals surface area contributed by atoms with Gasteiger partial charge in [0.05, 0.1) is 24.6 Å². The van der Waals surface area contributed by atoms with Crippen LogP contribution in [0.3, 0.4) is 0 Å². The van der Waals surface area contributed by atoms with Gasteiger partial charge in [-0.1, -0.05) is 12.1 Å². The summed E-state index contributed by atoms with van der Waals surface area (Å²) in [5.74, 6) is -2.03. The van der Waals surface area contributed by atoms with Crippen LogP contribution in [0, 0.1) is 5.92 Å². The Kier molecular flexibility index (Phi) is 9.88. The molecule has 1 fully saturated rings. The second-order valence-electron chi connectivity index (χ2n) is 6.84. The van der Waals surface area contributed by atoms with E-state index in [0.29, 0.717) is 12.3 Å². The number of piperidine rings is 1. The molecule has 3 rings (SSSR count). The molecule has 1 amide bonds. The lowest BCUT2D eigenvalue weighted by atomic mass is 9.99. The molecule has 1 aliphatic rings. The zero-order valence-corrected chi connectivity index (χ0v) is 18.1. The van der Waals surface area contributed by atoms with Crippen LogP contribution < -0.4 is 10.6 Å². The van der Waals surface area contributed by atoms with Gasteiger partial charge in [0.1, 0.15) is 5.01 Å². The fourth-order valence-corrected chi connectivity index (χ4v) is 3.71. The van der Waals surface area contributed by atoms with E-state index in [0.717, 1.165) is 42.2 Å². The van der Waals surface area contributed by atoms with E-state index in [1.807, 2.05) is 17.5 Å². The summed E-state index contributed by atoms with van der Waals surface area (Å²) in [7, 11) is 1.61. The first-order chi connectivity index (χ1) is 15.2. The first kappa shape index (κ1) is 25.6. The van der Waals surface area contributed by atoms with Gasteiger partial charge >= 0.3 is 18.2 Å². The highest BCUT2D eigenvalue weighted by Gasteiger charge is 2.41. The van der Waals surface area contributed by atoms with Gasteiger partial charge in [-0.25, -0.2) is 14.6 Å². The summed E-state index contributed by atoms with van der Waals surface area (Å²) in [6, 6.07) is 7.17. The van der Waals surface area contributed by atoms with E-state index >= 15 is 0 Å². The van der Waals surface area contributed by atoms with Crippen LogP contribution in [0.1, 0.15) is 18.5 Å². The number of methoxy groups -OCH3 is 1. The Hall–Kier alpha value is -2.70. The summed E-state index contributed by atoms with van der Waals surface area (Å²) < 4.78 is 44.3. The van der Waals surface area contributed by atoms with Gasteiger partial charge in [-0.2, -0.15) is 13.2 Å². The molecule has 1 aliphatic heterocycles. The van der Waals surface area contributed by atoms with Gasteiger partial charge in [0, 0.05) is 18.1 Å². The predicted molar refractivity (Wildman–Crippen MR) is 113 cm³/mol. The van der Waals surface area contributed by atoms with E-state index in [1.54, 1.807) is 19.2 Å². The van der Waals surface area contributed by atoms with Gasteiger partial charge in [0.15, 0.2) is 0 Å². The van der Waals surface area contributed by atoms with Crippen LogP contribution in [0.2, 0.25) is 0 Å². The van der Waals surface area contributed by atoms with Crippen LogP contribution in [0.5, 0.6) is 0 Å². The quantitative estimate of drug-likeness (QED) is 0.539. The van der Waals surface area contributed by atoms with Crippen molar-refractivity contribution in [3.05, 3.63) is 35.3 Å². The fraction of sp³-hybridized carbons (Fsp3) is 0.450. The number of hydrogen-bond donors (Lipinski definition) is 3. The molecule has 1 aromatic carbocycles. The Morgan fingerprint density at radius 1 is 1.28 bits per heavy atom. The van der Waals surface area contributed by atoms with Crippen molar-refractivity contribution >= 4 is 29.1 Å². The van der Waals surface area contributed by atoms with E-state index in [9.17, 15) is 22.8 Å². The lowest BCUT2D eigenvalue weighted by molar-refractivity contribution is -0.201. The Labute approximate surface area is 186 Å². The molecule has 0 spiro atoms. The van der Waals surface area contributed by atoms with Gasteiger partial charge in [-0.05, 0) is 44.0 Å². The number of carboxylic acid groups (broad SMARTS) is 1. The molecule has 2 heterocycles. The van der Waals surface area contributed by atoms with Crippen molar-refractivity contribution in [3.8, 4) is 10.6 Å². The summed E-state index contributed by atoms with van der Waals surface area (Å²) in [5.41, 5.74) is 2.14. The topological polar surface area (TPSA) is 110 Å². The smallest absolute Gasteiger partial charge is 0.465 e. The van der Waals surface area contributed by atoms with Gasteiger partial charge in [-0.15, -0.1) is 11.3 Å². The molecule has 3 N–H and O–H groups in total. The van der Waals surface area contributed by atoms with Crippen LogP contribution in [-0.4, -0.2) is 55.1 Å². The number of thiazole rings is 1. The summed E-state index contributed by atoms with van der Waals surface area (Å²) >= 11 is 1.46. The number of esters is 1. The third-order valence-corrected chi connectivity index (χ3v) is 5.31. The number of alkyl halides is 3. The molecule has 0 aliphatic carbocycles. The van der Waals surface area contributed by atoms with E-state index < -0.39 is 18.2 Å². The zero-order chi connectivity index (χ0) is 23.6. The third kappa shape index (κ3) is 8.44. The number of halogens is 3. The van der Waals surface area contributed by atoms with Crippen molar-refractivity contribution in [3.63, 3.8) is 0 Å². The van der Waals surface area contributed by atoms with Gasteiger partial charge in [0.2, 0.25) is 0 Å². The van der Waals surface area contributed by atoms with E-state index in [4.69, 9.17) is 9.84 Å². The average Bonchev–Trinajstić information content (AvgIpc) is 3.21. The second kappa shape index (κ2) is 12.4. The largest absolute Gasteiger partial charge is 0.490 e. The van der Waals surface area contributed by atoms with Crippen LogP contribution in [0.4, 0.5) is 23.7 Å². The predicted octanol–water partition coefficient (Wildman–Crippen LogP) is 4.14. The molecule has 0 atom stereocenters. The second-order valence-corrected chi connectivity index (χ2v) is 7.70. The molecule has 1 saturated heterocycles. The molecule has 0 unspecified atom stereocenters. The maximum absolute atomic E-state index is 11.7. The van der Waals surface area contributed by atoms with Crippen LogP contribution in [0.15, 0.2) is 29.6 Å². The van der Waals surface area contributed by atoms with Gasteiger partial charge in [-0.3, -0.25) is 5.32 Å². The molecular formula is C20H24F3N3O5S. The number of rotatable bonds is 6. The number of anilines is 1. The maximum Gasteiger partial charge on any atom is 0.490 e. The summed E-state index contributed by atoms with van der Waals surface area (Å²) in [6.07, 6.45) is -4.44. The Balaban J connectivity index is 0.000000235. The average molecular weight is 475 g/mol. The number of benzene rings is 1. The molecule has 8 nitrogen and oxygen atoms in total. The van der Waals surface area contributed by atoms with E-state index in [2.05, 4.69) is 20.4 Å². The minimum atomic E-state index is -4.87. The minimum Gasteiger partial charge on any atom is -0.465 e. The first-order valence-corrected chi connectivity index (χ1v) is 10.6. The highest BCUT2D eigenvalue weighted by molar-refractivity contribution is 7.13. The number of para-hydroxylation sites is 1. The Morgan fingerprint density at radius 3 is 2.59 bits per heavy atom. The number of nitrogens with one attached hydrogen (secondary N) is 2. The number of nitrogens with zero attached hydrogens (tertiary/aromatic N) is 1. The van der Waals surface area contributed by atoms with Gasteiger partial charge < -0.3 is 19.9 Å². The fourth-order valence-electron chi connectivity index (χ4n) is 2.86. The summed E-state index contributed by atoms with van der Waals surface area (Å²) in [6.45, 7) is 1.87.